The van der Waals surface area contributed by atoms with Gasteiger partial charge in [-0.05, 0) is 11.6 Å². The van der Waals surface area contributed by atoms with Gasteiger partial charge in [0.05, 0.1) is 15.5 Å². The fraction of sp³-hybridized carbons (Fsp3) is 0. The lowest BCUT2D eigenvalue weighted by atomic mass is 10.1. The number of hydrogen-bond donors (Lipinski definition) is 3. The molecule has 1 aromatic heterocycles. The molecule has 24 heavy (non-hydrogen) atoms. The summed E-state index contributed by atoms with van der Waals surface area (Å²) in [5, 5.41) is 30.7. The van der Waals surface area contributed by atoms with Gasteiger partial charge in [0.2, 0.25) is 5.75 Å². The molecule has 0 radical (unpaired) electrons. The number of nitrogens with zero attached hydrogens (tertiary/aromatic N) is 2. The van der Waals surface area contributed by atoms with E-state index < -0.39 is 22.1 Å². The normalized spacial score (nSPS) is 10.2. The van der Waals surface area contributed by atoms with Gasteiger partial charge in [-0.15, -0.1) is 17.0 Å². The van der Waals surface area contributed by atoms with Crippen LogP contribution in [0.5, 0.6) is 11.5 Å². The zero-order valence-electron chi connectivity index (χ0n) is 12.0. The van der Waals surface area contributed by atoms with Crippen LogP contribution in [-0.4, -0.2) is 20.1 Å². The van der Waals surface area contributed by atoms with Crippen LogP contribution in [0.3, 0.4) is 0 Å². The number of rotatable bonds is 3. The van der Waals surface area contributed by atoms with Crippen LogP contribution in [0, 0.1) is 10.1 Å². The lowest BCUT2D eigenvalue weighted by Gasteiger charge is -2.05. The zero-order valence-corrected chi connectivity index (χ0v) is 14.6. The van der Waals surface area contributed by atoms with Crippen molar-refractivity contribution in [2.24, 2.45) is 0 Å². The first-order valence-electron chi connectivity index (χ1n) is 6.50. The molecule has 0 amide bonds. The molecule has 9 heteroatoms. The van der Waals surface area contributed by atoms with E-state index in [-0.39, 0.29) is 17.0 Å². The van der Waals surface area contributed by atoms with Gasteiger partial charge >= 0.3 is 5.69 Å². The number of nitro groups is 1. The molecular weight excluding hydrogens is 398 g/mol. The van der Waals surface area contributed by atoms with Crippen molar-refractivity contribution in [2.45, 2.75) is 0 Å². The number of thiazole rings is 1. The molecule has 1 heterocycles. The van der Waals surface area contributed by atoms with E-state index in [4.69, 9.17) is 5.73 Å². The van der Waals surface area contributed by atoms with E-state index >= 15 is 0 Å². The Morgan fingerprint density at radius 2 is 1.79 bits per heavy atom. The quantitative estimate of drug-likeness (QED) is 0.341. The lowest BCUT2D eigenvalue weighted by molar-refractivity contribution is -0.385. The van der Waals surface area contributed by atoms with Gasteiger partial charge in [-0.2, -0.15) is 0 Å². The highest BCUT2D eigenvalue weighted by molar-refractivity contribution is 8.93. The number of halogens is 1. The predicted molar refractivity (Wildman–Crippen MR) is 97.7 cm³/mol. The third-order valence-electron chi connectivity index (χ3n) is 3.22. The molecule has 0 aliphatic heterocycles. The summed E-state index contributed by atoms with van der Waals surface area (Å²) in [6.45, 7) is 0. The minimum Gasteiger partial charge on any atom is -0.504 e. The number of hydrogen-bond acceptors (Lipinski definition) is 7. The molecule has 0 saturated heterocycles. The minimum absolute atomic E-state index is 0. The molecule has 2 aromatic carbocycles. The van der Waals surface area contributed by atoms with E-state index in [2.05, 4.69) is 4.98 Å². The van der Waals surface area contributed by atoms with Crippen LogP contribution in [0.1, 0.15) is 0 Å². The molecule has 3 aromatic rings. The maximum atomic E-state index is 11.0. The smallest absolute Gasteiger partial charge is 0.315 e. The van der Waals surface area contributed by atoms with E-state index in [9.17, 15) is 20.3 Å². The molecule has 0 aliphatic carbocycles. The van der Waals surface area contributed by atoms with Crippen LogP contribution < -0.4 is 5.73 Å². The fourth-order valence-electron chi connectivity index (χ4n) is 2.20. The number of benzene rings is 2. The van der Waals surface area contributed by atoms with Crippen molar-refractivity contribution in [1.82, 2.24) is 4.98 Å². The minimum atomic E-state index is -0.775. The highest BCUT2D eigenvalue weighted by Crippen LogP contribution is 2.43. The largest absolute Gasteiger partial charge is 0.504 e. The van der Waals surface area contributed by atoms with Crippen LogP contribution in [0.15, 0.2) is 42.5 Å². The Balaban J connectivity index is 0.00000208. The Hall–Kier alpha value is -2.65. The van der Waals surface area contributed by atoms with E-state index in [0.717, 1.165) is 16.5 Å². The van der Waals surface area contributed by atoms with Crippen LogP contribution in [0.25, 0.3) is 21.7 Å². The monoisotopic (exact) mass is 409 g/mol. The highest BCUT2D eigenvalue weighted by Gasteiger charge is 2.22. The Labute approximate surface area is 150 Å². The molecule has 0 fully saturated rings. The number of nitro benzene ring substituents is 1. The summed E-state index contributed by atoms with van der Waals surface area (Å²) in [5.74, 6) is -1.36. The van der Waals surface area contributed by atoms with Gasteiger partial charge in [0.15, 0.2) is 10.9 Å². The van der Waals surface area contributed by atoms with Gasteiger partial charge in [-0.1, -0.05) is 41.7 Å². The molecule has 0 bridgehead atoms. The van der Waals surface area contributed by atoms with Crippen LogP contribution in [0.2, 0.25) is 0 Å². The zero-order chi connectivity index (χ0) is 16.6. The fourth-order valence-corrected chi connectivity index (χ4v) is 3.06. The average molecular weight is 410 g/mol. The predicted octanol–water partition coefficient (Wildman–Crippen LogP) is 3.96. The van der Waals surface area contributed by atoms with Gasteiger partial charge in [-0.25, -0.2) is 4.98 Å². The van der Waals surface area contributed by atoms with E-state index in [1.54, 1.807) is 0 Å². The highest BCUT2D eigenvalue weighted by atomic mass is 79.9. The lowest BCUT2D eigenvalue weighted by Crippen LogP contribution is -1.91. The second kappa shape index (κ2) is 6.85. The van der Waals surface area contributed by atoms with Gasteiger partial charge in [-0.3, -0.25) is 10.1 Å². The number of nitrogens with two attached hydrogens (primary N) is 1. The third kappa shape index (κ3) is 3.17. The SMILES string of the molecule is Br.Nc1nc(-c2cc(O)c(O)c([N+](=O)[O-])c2)c(-c2ccccc2)s1. The second-order valence-corrected chi connectivity index (χ2v) is 5.75. The number of aromatic nitrogens is 1. The average Bonchev–Trinajstić information content (AvgIpc) is 2.92. The van der Waals surface area contributed by atoms with Crippen molar-refractivity contribution in [1.29, 1.82) is 0 Å². The molecule has 3 rings (SSSR count). The van der Waals surface area contributed by atoms with Crippen molar-refractivity contribution in [3.05, 3.63) is 52.6 Å². The Morgan fingerprint density at radius 1 is 1.12 bits per heavy atom. The number of nitrogen functional groups attached to an aromatic ring is 1. The van der Waals surface area contributed by atoms with E-state index in [1.165, 1.54) is 17.4 Å². The maximum Gasteiger partial charge on any atom is 0.315 e. The number of anilines is 1. The molecule has 4 N–H and O–H groups in total. The van der Waals surface area contributed by atoms with Gasteiger partial charge in [0, 0.05) is 11.6 Å². The molecule has 124 valence electrons. The van der Waals surface area contributed by atoms with Crippen molar-refractivity contribution in [2.75, 3.05) is 5.73 Å². The maximum absolute atomic E-state index is 11.0. The Bertz CT molecular complexity index is 899. The Morgan fingerprint density at radius 3 is 2.42 bits per heavy atom. The number of phenols is 2. The standard InChI is InChI=1S/C15H11N3O4S.BrH/c16-15-17-12(14(23-15)8-4-2-1-3-5-8)9-6-10(18(21)22)13(20)11(19)7-9;/h1-7,19-20H,(H2,16,17);1H. The molecule has 7 nitrogen and oxygen atoms in total. The third-order valence-corrected chi connectivity index (χ3v) is 4.15. The van der Waals surface area contributed by atoms with E-state index in [1.807, 2.05) is 30.3 Å². The molecule has 0 spiro atoms. The van der Waals surface area contributed by atoms with Gasteiger partial charge < -0.3 is 15.9 Å². The molecule has 0 unspecified atom stereocenters. The Kier molecular flexibility index (Phi) is 5.05. The summed E-state index contributed by atoms with van der Waals surface area (Å²) in [7, 11) is 0. The van der Waals surface area contributed by atoms with Crippen LogP contribution in [0.4, 0.5) is 10.8 Å². The second-order valence-electron chi connectivity index (χ2n) is 4.72. The van der Waals surface area contributed by atoms with Gasteiger partial charge in [0.1, 0.15) is 0 Å². The topological polar surface area (TPSA) is 123 Å². The van der Waals surface area contributed by atoms with Gasteiger partial charge in [0.25, 0.3) is 0 Å². The first-order valence-corrected chi connectivity index (χ1v) is 7.31. The summed E-state index contributed by atoms with van der Waals surface area (Å²) in [5.41, 5.74) is 6.76. The van der Waals surface area contributed by atoms with E-state index in [0.29, 0.717) is 16.4 Å². The molecule has 0 saturated carbocycles. The first kappa shape index (κ1) is 17.7. The van der Waals surface area contributed by atoms with Crippen molar-refractivity contribution in [3.8, 4) is 33.2 Å². The van der Waals surface area contributed by atoms with Crippen LogP contribution in [-0.2, 0) is 0 Å². The van der Waals surface area contributed by atoms with Crippen molar-refractivity contribution in [3.63, 3.8) is 0 Å². The van der Waals surface area contributed by atoms with Crippen molar-refractivity contribution < 1.29 is 15.1 Å². The van der Waals surface area contributed by atoms with Crippen LogP contribution >= 0.6 is 28.3 Å². The van der Waals surface area contributed by atoms with Crippen molar-refractivity contribution >= 4 is 39.1 Å². The summed E-state index contributed by atoms with van der Waals surface area (Å²) in [6.07, 6.45) is 0. The molecule has 0 aliphatic rings. The summed E-state index contributed by atoms with van der Waals surface area (Å²) in [6, 6.07) is 11.7. The molecular formula is C15H12BrN3O4S. The first-order chi connectivity index (χ1) is 11.0. The molecule has 0 atom stereocenters. The number of phenolic OH excluding ortho intramolecular Hbond substituents is 2. The summed E-state index contributed by atoms with van der Waals surface area (Å²) < 4.78 is 0. The summed E-state index contributed by atoms with van der Waals surface area (Å²) >= 11 is 1.24. The number of aromatic hydroxyl groups is 2. The summed E-state index contributed by atoms with van der Waals surface area (Å²) in [4.78, 5) is 15.2.